The Morgan fingerprint density at radius 3 is 2.29 bits per heavy atom. The molecule has 0 aliphatic heterocycles. The van der Waals surface area contributed by atoms with Crippen LogP contribution in [-0.2, 0) is 57.3 Å². The molecule has 0 spiro atoms. The number of sulfonamides is 1. The van der Waals surface area contributed by atoms with Crippen LogP contribution >= 0.6 is 11.6 Å². The first-order valence-corrected chi connectivity index (χ1v) is 21.0. The zero-order valence-electron chi connectivity index (χ0n) is 30.5. The van der Waals surface area contributed by atoms with Crippen molar-refractivity contribution in [3.63, 3.8) is 0 Å². The van der Waals surface area contributed by atoms with E-state index in [1.165, 1.54) is 10.7 Å². The van der Waals surface area contributed by atoms with Gasteiger partial charge < -0.3 is 5.32 Å². The van der Waals surface area contributed by atoms with Gasteiger partial charge in [0.1, 0.15) is 18.2 Å². The number of amides is 1. The van der Waals surface area contributed by atoms with Gasteiger partial charge in [0.05, 0.1) is 55.7 Å². The molecule has 300 valence electrons. The van der Waals surface area contributed by atoms with E-state index in [4.69, 9.17) is 16.6 Å². The summed E-state index contributed by atoms with van der Waals surface area (Å²) in [6.07, 6.45) is -1.28. The predicted octanol–water partition coefficient (Wildman–Crippen LogP) is 6.54. The summed E-state index contributed by atoms with van der Waals surface area (Å²) >= 11 is 6.59. The molecule has 56 heavy (non-hydrogen) atoms. The van der Waals surface area contributed by atoms with Crippen LogP contribution in [0.15, 0.2) is 54.9 Å². The fourth-order valence-corrected chi connectivity index (χ4v) is 9.34. The smallest absolute Gasteiger partial charge is 0.346 e. The Bertz CT molecular complexity index is 2530. The highest BCUT2D eigenvalue weighted by molar-refractivity contribution is 7.93. The predicted molar refractivity (Wildman–Crippen MR) is 200 cm³/mol. The molecule has 1 atom stereocenters. The van der Waals surface area contributed by atoms with Crippen molar-refractivity contribution in [3.05, 3.63) is 94.0 Å². The van der Waals surface area contributed by atoms with Gasteiger partial charge in [-0.1, -0.05) is 23.7 Å². The molecule has 12 nitrogen and oxygen atoms in total. The lowest BCUT2D eigenvalue weighted by Crippen LogP contribution is -2.35. The van der Waals surface area contributed by atoms with Crippen molar-refractivity contribution in [2.75, 3.05) is 11.0 Å². The molecule has 6 rings (SSSR count). The number of carbonyl (C=O) groups is 1. The Hall–Kier alpha value is -4.62. The summed E-state index contributed by atoms with van der Waals surface area (Å²) in [6.45, 7) is 2.62. The van der Waals surface area contributed by atoms with E-state index in [0.717, 1.165) is 23.1 Å². The van der Waals surface area contributed by atoms with Gasteiger partial charge in [-0.05, 0) is 75.8 Å². The molecule has 1 amide bonds. The van der Waals surface area contributed by atoms with E-state index in [-0.39, 0.29) is 46.7 Å². The SMILES string of the molecule is Cn1nc(NS(C)(=O)=O)c2c(Cl)ccc(-c3ccc(CCC(C)(C)S(=O)(=O)C4CC4)nc3[C@H](Cc3cc(F)cc(F)c3)NC(=O)Cn3cc(C(F)(F)F)cn3)c21. The molecule has 0 unspecified atom stereocenters. The third-order valence-corrected chi connectivity index (χ3v) is 13.5. The Labute approximate surface area is 324 Å². The minimum atomic E-state index is -4.71. The summed E-state index contributed by atoms with van der Waals surface area (Å²) in [7, 11) is -5.73. The quantitative estimate of drug-likeness (QED) is 0.119. The second-order valence-electron chi connectivity index (χ2n) is 14.4. The molecular formula is C36H37ClF5N7O5S2. The number of alkyl halides is 3. The van der Waals surface area contributed by atoms with Crippen LogP contribution in [0.2, 0.25) is 5.02 Å². The highest BCUT2D eigenvalue weighted by Crippen LogP contribution is 2.41. The van der Waals surface area contributed by atoms with Crippen molar-refractivity contribution in [1.29, 1.82) is 0 Å². The molecule has 1 aliphatic carbocycles. The molecule has 0 radical (unpaired) electrons. The van der Waals surface area contributed by atoms with Crippen molar-refractivity contribution in [2.24, 2.45) is 7.05 Å². The number of pyridine rings is 1. The number of anilines is 1. The summed E-state index contributed by atoms with van der Waals surface area (Å²) in [6, 6.07) is 8.03. The van der Waals surface area contributed by atoms with E-state index in [2.05, 4.69) is 20.2 Å². The second kappa shape index (κ2) is 15.0. The average Bonchev–Trinajstić information content (AvgIpc) is 3.75. The minimum Gasteiger partial charge on any atom is -0.346 e. The number of benzene rings is 2. The van der Waals surface area contributed by atoms with Crippen LogP contribution in [-0.4, -0.2) is 63.5 Å². The summed E-state index contributed by atoms with van der Waals surface area (Å²) in [5.41, 5.74) is 0.657. The molecule has 20 heteroatoms. The van der Waals surface area contributed by atoms with Crippen LogP contribution in [0.5, 0.6) is 0 Å². The van der Waals surface area contributed by atoms with Crippen LogP contribution in [0.1, 0.15) is 61.7 Å². The standard InChI is InChI=1S/C36H37ClF5N7O5S2/c1-35(2,56(53,54)25-6-7-25)12-11-24-5-8-26(27-9-10-28(37)31-33(27)48(3)46-34(31)47-55(4,51)52)32(44-24)29(15-20-13-22(38)16-23(39)14-20)45-30(50)19-49-18-21(17-43-49)36(40,41)42/h5,8-10,13-14,16-18,25,29H,6-7,11-12,15,19H2,1-4H3,(H,45,50)(H,46,47)/t29-/m0/s1. The van der Waals surface area contributed by atoms with Gasteiger partial charge >= 0.3 is 6.18 Å². The van der Waals surface area contributed by atoms with Gasteiger partial charge in [0, 0.05) is 36.1 Å². The molecule has 0 saturated heterocycles. The molecular weight excluding hydrogens is 805 g/mol. The molecule has 1 fully saturated rings. The Morgan fingerprint density at radius 2 is 1.68 bits per heavy atom. The molecule has 1 saturated carbocycles. The first kappa shape index (κ1) is 41.0. The Morgan fingerprint density at radius 1 is 1.02 bits per heavy atom. The summed E-state index contributed by atoms with van der Waals surface area (Å²) in [5, 5.41) is 10.7. The number of carbonyl (C=O) groups excluding carboxylic acids is 1. The fourth-order valence-electron chi connectivity index (χ4n) is 6.56. The zero-order chi connectivity index (χ0) is 41.0. The van der Waals surface area contributed by atoms with E-state index in [9.17, 15) is 43.6 Å². The first-order valence-electron chi connectivity index (χ1n) is 17.2. The van der Waals surface area contributed by atoms with Crippen LogP contribution in [0.25, 0.3) is 22.0 Å². The Kier molecular flexibility index (Phi) is 11.0. The van der Waals surface area contributed by atoms with Crippen LogP contribution in [0.4, 0.5) is 27.8 Å². The lowest BCUT2D eigenvalue weighted by Gasteiger charge is -2.26. The number of sulfone groups is 1. The zero-order valence-corrected chi connectivity index (χ0v) is 32.8. The number of aromatic nitrogens is 5. The molecule has 1 aliphatic rings. The van der Waals surface area contributed by atoms with Gasteiger partial charge in [-0.25, -0.2) is 25.6 Å². The van der Waals surface area contributed by atoms with Gasteiger partial charge in [-0.15, -0.1) is 0 Å². The Balaban J connectivity index is 1.50. The first-order chi connectivity index (χ1) is 26.0. The van der Waals surface area contributed by atoms with E-state index >= 15 is 0 Å². The number of rotatable bonds is 14. The number of hydrogen-bond donors (Lipinski definition) is 2. The lowest BCUT2D eigenvalue weighted by atomic mass is 9.93. The summed E-state index contributed by atoms with van der Waals surface area (Å²) in [4.78, 5) is 18.5. The van der Waals surface area contributed by atoms with E-state index in [1.807, 2.05) is 0 Å². The monoisotopic (exact) mass is 841 g/mol. The van der Waals surface area contributed by atoms with Gasteiger partial charge in [-0.2, -0.15) is 23.4 Å². The topological polar surface area (TPSA) is 158 Å². The molecule has 2 aromatic carbocycles. The molecule has 3 aromatic heterocycles. The highest BCUT2D eigenvalue weighted by atomic mass is 35.5. The third-order valence-electron chi connectivity index (χ3n) is 9.50. The van der Waals surface area contributed by atoms with Gasteiger partial charge in [0.25, 0.3) is 0 Å². The maximum absolute atomic E-state index is 14.5. The second-order valence-corrected chi connectivity index (χ2v) is 19.4. The van der Waals surface area contributed by atoms with Crippen LogP contribution in [0, 0.1) is 11.6 Å². The molecule has 2 N–H and O–H groups in total. The lowest BCUT2D eigenvalue weighted by molar-refractivity contribution is -0.137. The number of fused-ring (bicyclic) bond motifs is 1. The summed E-state index contributed by atoms with van der Waals surface area (Å²) < 4.78 is 123. The van der Waals surface area contributed by atoms with Crippen molar-refractivity contribution < 1.29 is 43.6 Å². The van der Waals surface area contributed by atoms with Crippen molar-refractivity contribution in [3.8, 4) is 11.1 Å². The van der Waals surface area contributed by atoms with Gasteiger partial charge in [0.15, 0.2) is 15.7 Å². The number of aryl methyl sites for hydroxylation is 2. The largest absolute Gasteiger partial charge is 0.419 e. The molecule has 5 aromatic rings. The number of nitrogens with zero attached hydrogens (tertiary/aromatic N) is 5. The van der Waals surface area contributed by atoms with Crippen LogP contribution in [0.3, 0.4) is 0 Å². The molecule has 0 bridgehead atoms. The number of halogens is 6. The van der Waals surface area contributed by atoms with Crippen molar-refractivity contribution in [2.45, 2.75) is 74.7 Å². The normalized spacial score (nSPS) is 14.6. The van der Waals surface area contributed by atoms with E-state index < -0.39 is 71.7 Å². The van der Waals surface area contributed by atoms with E-state index in [1.54, 1.807) is 39.1 Å². The van der Waals surface area contributed by atoms with E-state index in [0.29, 0.717) is 53.6 Å². The molecule has 3 heterocycles. The highest BCUT2D eigenvalue weighted by Gasteiger charge is 2.45. The maximum Gasteiger partial charge on any atom is 0.419 e. The fraction of sp³-hybridized carbons (Fsp3) is 0.389. The summed E-state index contributed by atoms with van der Waals surface area (Å²) in [5.74, 6) is -2.69. The van der Waals surface area contributed by atoms with Crippen molar-refractivity contribution in [1.82, 2.24) is 29.9 Å². The average molecular weight is 842 g/mol. The van der Waals surface area contributed by atoms with Gasteiger partial charge in [0.2, 0.25) is 15.9 Å². The third kappa shape index (κ3) is 8.99. The van der Waals surface area contributed by atoms with Crippen molar-refractivity contribution >= 4 is 54.1 Å². The van der Waals surface area contributed by atoms with Gasteiger partial charge in [-0.3, -0.25) is 23.9 Å². The number of nitrogens with one attached hydrogen (secondary N) is 2. The van der Waals surface area contributed by atoms with Crippen LogP contribution < -0.4 is 10.0 Å². The minimum absolute atomic E-state index is 0.0698. The number of hydrogen-bond acceptors (Lipinski definition) is 8. The maximum atomic E-state index is 14.5.